The summed E-state index contributed by atoms with van der Waals surface area (Å²) >= 11 is 0. The van der Waals surface area contributed by atoms with Gasteiger partial charge in [-0.3, -0.25) is 14.6 Å². The smallest absolute Gasteiger partial charge is 0.266 e. The van der Waals surface area contributed by atoms with Crippen molar-refractivity contribution in [2.75, 3.05) is 14.1 Å². The van der Waals surface area contributed by atoms with Gasteiger partial charge >= 0.3 is 0 Å². The molecule has 5 rings (SSSR count). The van der Waals surface area contributed by atoms with E-state index in [2.05, 4.69) is 20.6 Å². The molecule has 1 N–H and O–H groups in total. The number of carbonyl (C=O) groups is 1. The van der Waals surface area contributed by atoms with E-state index in [0.717, 1.165) is 34.8 Å². The number of hydrazine groups is 1. The first-order valence-electron chi connectivity index (χ1n) is 9.25. The van der Waals surface area contributed by atoms with Gasteiger partial charge in [0, 0.05) is 25.4 Å². The van der Waals surface area contributed by atoms with Crippen LogP contribution in [0.2, 0.25) is 0 Å². The first kappa shape index (κ1) is 16.9. The Hall–Kier alpha value is -3.26. The fraction of sp³-hybridized carbons (Fsp3) is 0.300. The molecule has 1 fully saturated rings. The molecule has 0 aliphatic heterocycles. The van der Waals surface area contributed by atoms with Gasteiger partial charge in [-0.15, -0.1) is 0 Å². The van der Waals surface area contributed by atoms with Crippen LogP contribution in [0.3, 0.4) is 0 Å². The van der Waals surface area contributed by atoms with Gasteiger partial charge in [0.05, 0.1) is 16.6 Å². The van der Waals surface area contributed by atoms with Crippen molar-refractivity contribution in [3.8, 4) is 11.5 Å². The van der Waals surface area contributed by atoms with Gasteiger partial charge in [0.15, 0.2) is 0 Å². The highest BCUT2D eigenvalue weighted by atomic mass is 16.5. The maximum absolute atomic E-state index is 13.0. The molecule has 3 aromatic heterocycles. The highest BCUT2D eigenvalue weighted by Crippen LogP contribution is 2.40. The predicted molar refractivity (Wildman–Crippen MR) is 104 cm³/mol. The van der Waals surface area contributed by atoms with E-state index in [9.17, 15) is 4.79 Å². The van der Waals surface area contributed by atoms with Gasteiger partial charge < -0.3 is 4.52 Å². The number of aryl methyl sites for hydroxylation is 1. The fourth-order valence-corrected chi connectivity index (χ4v) is 3.65. The van der Waals surface area contributed by atoms with Crippen molar-refractivity contribution in [2.45, 2.75) is 25.7 Å². The quantitative estimate of drug-likeness (QED) is 0.551. The van der Waals surface area contributed by atoms with Crippen LogP contribution in [-0.2, 0) is 0 Å². The summed E-state index contributed by atoms with van der Waals surface area (Å²) in [5.41, 5.74) is 6.62. The standard InChI is InChI=1S/C20H20N6O2/c1-11-15(19(27)23-25(2)3)13-6-4-5-7-14(13)26-10-21-16(17(11)26)18-22-20(28-24-18)12-8-9-12/h4-7,10,12H,8-9H2,1-3H3,(H,23,27). The molecule has 0 atom stereocenters. The summed E-state index contributed by atoms with van der Waals surface area (Å²) in [5.74, 6) is 1.33. The molecule has 28 heavy (non-hydrogen) atoms. The van der Waals surface area contributed by atoms with Crippen molar-refractivity contribution in [3.05, 3.63) is 47.6 Å². The molecule has 0 spiro atoms. The number of carbonyl (C=O) groups excluding carboxylic acids is 1. The fourth-order valence-electron chi connectivity index (χ4n) is 3.65. The van der Waals surface area contributed by atoms with Crippen LogP contribution in [0.15, 0.2) is 35.1 Å². The second kappa shape index (κ2) is 6.13. The molecule has 1 aliphatic carbocycles. The van der Waals surface area contributed by atoms with E-state index >= 15 is 0 Å². The average Bonchev–Trinajstić information content (AvgIpc) is 3.23. The molecule has 8 nitrogen and oxygen atoms in total. The molecule has 4 aromatic rings. The van der Waals surface area contributed by atoms with E-state index in [-0.39, 0.29) is 5.91 Å². The monoisotopic (exact) mass is 376 g/mol. The topological polar surface area (TPSA) is 88.6 Å². The van der Waals surface area contributed by atoms with Crippen molar-refractivity contribution in [3.63, 3.8) is 0 Å². The number of benzene rings is 1. The normalized spacial score (nSPS) is 14.3. The van der Waals surface area contributed by atoms with Crippen molar-refractivity contribution in [2.24, 2.45) is 0 Å². The number of para-hydroxylation sites is 1. The van der Waals surface area contributed by atoms with E-state index in [1.807, 2.05) is 35.6 Å². The van der Waals surface area contributed by atoms with Crippen molar-refractivity contribution >= 4 is 22.3 Å². The lowest BCUT2D eigenvalue weighted by Crippen LogP contribution is -2.36. The van der Waals surface area contributed by atoms with Crippen LogP contribution in [0.1, 0.15) is 40.6 Å². The average molecular weight is 376 g/mol. The number of hydrogen-bond donors (Lipinski definition) is 1. The van der Waals surface area contributed by atoms with Crippen LogP contribution in [0.4, 0.5) is 0 Å². The first-order valence-corrected chi connectivity index (χ1v) is 9.25. The molecule has 0 radical (unpaired) electrons. The van der Waals surface area contributed by atoms with Crippen molar-refractivity contribution < 1.29 is 9.32 Å². The Kier molecular flexibility index (Phi) is 3.70. The van der Waals surface area contributed by atoms with Gasteiger partial charge in [0.25, 0.3) is 5.91 Å². The molecule has 8 heteroatoms. The highest BCUT2D eigenvalue weighted by molar-refractivity contribution is 6.10. The Morgan fingerprint density at radius 1 is 1.29 bits per heavy atom. The van der Waals surface area contributed by atoms with Gasteiger partial charge in [-0.2, -0.15) is 4.98 Å². The number of hydrogen-bond acceptors (Lipinski definition) is 6. The Morgan fingerprint density at radius 2 is 2.07 bits per heavy atom. The van der Waals surface area contributed by atoms with Crippen LogP contribution in [0.5, 0.6) is 0 Å². The minimum absolute atomic E-state index is 0.167. The third-order valence-corrected chi connectivity index (χ3v) is 5.06. The number of rotatable bonds is 4. The van der Waals surface area contributed by atoms with E-state index in [1.54, 1.807) is 25.4 Å². The molecule has 3 heterocycles. The highest BCUT2D eigenvalue weighted by Gasteiger charge is 2.31. The Morgan fingerprint density at radius 3 is 2.82 bits per heavy atom. The lowest BCUT2D eigenvalue weighted by molar-refractivity contribution is 0.0858. The van der Waals surface area contributed by atoms with Gasteiger partial charge in [0.1, 0.15) is 12.0 Å². The second-order valence-corrected chi connectivity index (χ2v) is 7.39. The zero-order valence-corrected chi connectivity index (χ0v) is 15.9. The maximum Gasteiger partial charge on any atom is 0.266 e. The Balaban J connectivity index is 1.78. The van der Waals surface area contributed by atoms with Gasteiger partial charge in [-0.25, -0.2) is 9.99 Å². The molecule has 0 saturated heterocycles. The third kappa shape index (κ3) is 2.56. The van der Waals surface area contributed by atoms with Gasteiger partial charge in [-0.05, 0) is 31.4 Å². The van der Waals surface area contributed by atoms with Crippen LogP contribution in [-0.4, -0.2) is 44.5 Å². The Labute approximate surface area is 161 Å². The zero-order valence-electron chi connectivity index (χ0n) is 15.9. The van der Waals surface area contributed by atoms with E-state index in [1.165, 1.54) is 0 Å². The first-order chi connectivity index (χ1) is 13.5. The molecule has 0 bridgehead atoms. The van der Waals surface area contributed by atoms with Crippen LogP contribution in [0.25, 0.3) is 27.9 Å². The molecule has 1 aliphatic rings. The maximum atomic E-state index is 13.0. The minimum atomic E-state index is -0.167. The lowest BCUT2D eigenvalue weighted by atomic mass is 10.0. The van der Waals surface area contributed by atoms with Crippen LogP contribution in [0, 0.1) is 6.92 Å². The molecule has 142 valence electrons. The SMILES string of the molecule is Cc1c(C(=O)NN(C)C)c2ccccc2n2cnc(-c3noc(C4CC4)n3)c12. The third-order valence-electron chi connectivity index (χ3n) is 5.06. The number of pyridine rings is 1. The van der Waals surface area contributed by atoms with Crippen molar-refractivity contribution in [1.29, 1.82) is 0 Å². The minimum Gasteiger partial charge on any atom is -0.339 e. The second-order valence-electron chi connectivity index (χ2n) is 7.39. The number of imidazole rings is 1. The summed E-state index contributed by atoms with van der Waals surface area (Å²) in [4.78, 5) is 22.1. The molecule has 1 saturated carbocycles. The van der Waals surface area contributed by atoms with E-state index in [4.69, 9.17) is 4.52 Å². The van der Waals surface area contributed by atoms with Gasteiger partial charge in [-0.1, -0.05) is 23.4 Å². The van der Waals surface area contributed by atoms with Crippen LogP contribution < -0.4 is 5.43 Å². The predicted octanol–water partition coefficient (Wildman–Crippen LogP) is 2.93. The number of amides is 1. The summed E-state index contributed by atoms with van der Waals surface area (Å²) in [7, 11) is 3.58. The zero-order chi connectivity index (χ0) is 19.4. The number of fused-ring (bicyclic) bond motifs is 3. The largest absolute Gasteiger partial charge is 0.339 e. The van der Waals surface area contributed by atoms with Crippen molar-refractivity contribution in [1.82, 2.24) is 30.0 Å². The number of nitrogens with zero attached hydrogens (tertiary/aromatic N) is 5. The Bertz CT molecular complexity index is 1220. The molecular weight excluding hydrogens is 356 g/mol. The summed E-state index contributed by atoms with van der Waals surface area (Å²) in [6.45, 7) is 1.93. The summed E-state index contributed by atoms with van der Waals surface area (Å²) in [6, 6.07) is 7.81. The van der Waals surface area contributed by atoms with E-state index in [0.29, 0.717) is 28.9 Å². The number of aromatic nitrogens is 4. The van der Waals surface area contributed by atoms with Gasteiger partial charge in [0.2, 0.25) is 11.7 Å². The summed E-state index contributed by atoms with van der Waals surface area (Å²) in [6.07, 6.45) is 3.93. The number of nitrogens with one attached hydrogen (secondary N) is 1. The summed E-state index contributed by atoms with van der Waals surface area (Å²) < 4.78 is 7.41. The van der Waals surface area contributed by atoms with E-state index < -0.39 is 0 Å². The summed E-state index contributed by atoms with van der Waals surface area (Å²) in [5, 5.41) is 6.64. The lowest BCUT2D eigenvalue weighted by Gasteiger charge is -2.17. The molecule has 1 aromatic carbocycles. The van der Waals surface area contributed by atoms with Crippen LogP contribution >= 0.6 is 0 Å². The molecule has 1 amide bonds. The molecule has 0 unspecified atom stereocenters. The molecular formula is C20H20N6O2.